The number of rotatable bonds is 20. The second kappa shape index (κ2) is 24.4. The summed E-state index contributed by atoms with van der Waals surface area (Å²) in [6.45, 7) is 25.6. The van der Waals surface area contributed by atoms with Gasteiger partial charge in [0, 0.05) is 47.3 Å². The van der Waals surface area contributed by atoms with E-state index in [0.717, 1.165) is 112 Å². The summed E-state index contributed by atoms with van der Waals surface area (Å²) in [7, 11) is 8.40. The molecule has 6 fully saturated rings. The van der Waals surface area contributed by atoms with Crippen molar-refractivity contribution in [2.75, 3.05) is 11.5 Å². The second-order valence-electron chi connectivity index (χ2n) is 27.5. The van der Waals surface area contributed by atoms with Crippen LogP contribution >= 0.6 is 43.2 Å². The third-order valence-corrected chi connectivity index (χ3v) is 28.4. The molecule has 1 heterocycles. The van der Waals surface area contributed by atoms with Crippen LogP contribution in [0.1, 0.15) is 230 Å². The van der Waals surface area contributed by atoms with Crippen LogP contribution in [0.2, 0.25) is 0 Å². The van der Waals surface area contributed by atoms with E-state index >= 15 is 0 Å². The molecule has 0 aromatic rings. The van der Waals surface area contributed by atoms with Gasteiger partial charge in [0.2, 0.25) is 0 Å². The SMILES string of the molecule is CC(C)CCCC(C)C1CCC2C3CC=C4CC(SSCC5=CN=CC5)CCC4(C)C3CCC12C.CC(C)CCCC(C)C1CCC2C3CC=C4CC(SSCCCC(=N)N)CCC4(C)C3CCC12C. The van der Waals surface area contributed by atoms with Crippen LogP contribution in [0.15, 0.2) is 40.1 Å². The summed E-state index contributed by atoms with van der Waals surface area (Å²) in [4.78, 5) is 4.27. The van der Waals surface area contributed by atoms with Crippen molar-refractivity contribution in [3.8, 4) is 0 Å². The van der Waals surface area contributed by atoms with E-state index in [1.807, 2.05) is 28.2 Å². The molecule has 16 atom stereocenters. The Kier molecular flexibility index (Phi) is 19.5. The molecule has 9 aliphatic rings. The molecule has 16 unspecified atom stereocenters. The van der Waals surface area contributed by atoms with Crippen molar-refractivity contribution in [3.05, 3.63) is 35.1 Å². The first kappa shape index (κ1) is 56.0. The van der Waals surface area contributed by atoms with Gasteiger partial charge in [-0.25, -0.2) is 0 Å². The molecular weight excluding hydrogens is 927 g/mol. The van der Waals surface area contributed by atoms with Crippen LogP contribution < -0.4 is 5.73 Å². The normalized spacial score (nSPS) is 40.4. The molecule has 0 saturated heterocycles. The summed E-state index contributed by atoms with van der Waals surface area (Å²) in [6, 6.07) is 0. The molecule has 7 heteroatoms. The van der Waals surface area contributed by atoms with Crippen LogP contribution in [0.5, 0.6) is 0 Å². The third kappa shape index (κ3) is 12.3. The molecule has 396 valence electrons. The predicted octanol–water partition coefficient (Wildman–Crippen LogP) is 19.6. The zero-order chi connectivity index (χ0) is 49.8. The van der Waals surface area contributed by atoms with Crippen LogP contribution in [0.25, 0.3) is 0 Å². The number of fused-ring (bicyclic) bond motifs is 10. The quantitative estimate of drug-likeness (QED) is 0.0418. The first-order valence-electron chi connectivity index (χ1n) is 29.9. The first-order chi connectivity index (χ1) is 33.5. The molecule has 70 heavy (non-hydrogen) atoms. The van der Waals surface area contributed by atoms with Crippen molar-refractivity contribution in [1.82, 2.24) is 0 Å². The highest BCUT2D eigenvalue weighted by Crippen LogP contribution is 2.70. The second-order valence-corrected chi connectivity index (χ2v) is 33.0. The van der Waals surface area contributed by atoms with Gasteiger partial charge in [0.25, 0.3) is 0 Å². The highest BCUT2D eigenvalue weighted by atomic mass is 33.1. The van der Waals surface area contributed by atoms with Crippen LogP contribution in [0.3, 0.4) is 0 Å². The van der Waals surface area contributed by atoms with Crippen LogP contribution in [-0.2, 0) is 0 Å². The molecule has 3 N–H and O–H groups in total. The molecule has 0 aromatic carbocycles. The number of allylic oxidation sites excluding steroid dienone is 4. The molecule has 0 aromatic heterocycles. The maximum atomic E-state index is 7.41. The fourth-order valence-electron chi connectivity index (χ4n) is 18.6. The van der Waals surface area contributed by atoms with E-state index in [1.54, 1.807) is 0 Å². The summed E-state index contributed by atoms with van der Waals surface area (Å²) in [5.41, 5.74) is 12.9. The van der Waals surface area contributed by atoms with Crippen molar-refractivity contribution in [2.24, 2.45) is 103 Å². The number of nitrogens with one attached hydrogen (secondary N) is 1. The van der Waals surface area contributed by atoms with Gasteiger partial charge in [-0.1, -0.05) is 174 Å². The number of amidine groups is 1. The Balaban J connectivity index is 0.000000188. The van der Waals surface area contributed by atoms with Crippen molar-refractivity contribution in [2.45, 2.75) is 240 Å². The summed E-state index contributed by atoms with van der Waals surface area (Å²) in [5, 5.41) is 9.00. The van der Waals surface area contributed by atoms with Crippen LogP contribution in [0, 0.1) is 98.1 Å². The summed E-state index contributed by atoms with van der Waals surface area (Å²) in [6.07, 6.45) is 44.2. The highest BCUT2D eigenvalue weighted by Gasteiger charge is 2.61. The van der Waals surface area contributed by atoms with E-state index in [-0.39, 0.29) is 0 Å². The molecule has 3 nitrogen and oxygen atoms in total. The summed E-state index contributed by atoms with van der Waals surface area (Å²) < 4.78 is 0. The van der Waals surface area contributed by atoms with Gasteiger partial charge in [-0.05, 0) is 207 Å². The van der Waals surface area contributed by atoms with Crippen LogP contribution in [0.4, 0.5) is 0 Å². The zero-order valence-corrected chi connectivity index (χ0v) is 49.9. The minimum atomic E-state index is 0.337. The maximum absolute atomic E-state index is 7.41. The van der Waals surface area contributed by atoms with Crippen LogP contribution in [-0.4, -0.2) is 34.1 Å². The standard InChI is InChI=1S/C32H51NS2.C31H54N2S2/c1-22(2)7-6-8-23(3)28-11-12-29-27-10-9-25-19-26(35-34-21-24-15-18-33-20-24)13-16-31(25,4)30(27)14-17-32(28,29)5;1-21(2)8-6-9-22(3)26-13-14-27-25-12-11-23-20-24(35-34-19-7-10-29(32)33)15-17-30(23,4)28(25)16-18-31(26,27)5/h9,18,20,22-23,26-30H,6-8,10-17,19,21H2,1-5H3;11,21-22,24-28H,6-10,12-20H2,1-5H3,(H3,32,33). The van der Waals surface area contributed by atoms with Gasteiger partial charge in [-0.2, -0.15) is 0 Å². The summed E-state index contributed by atoms with van der Waals surface area (Å²) in [5.74, 6) is 13.8. The predicted molar refractivity (Wildman–Crippen MR) is 316 cm³/mol. The zero-order valence-electron chi connectivity index (χ0n) is 46.6. The molecule has 0 bridgehead atoms. The van der Waals surface area contributed by atoms with E-state index < -0.39 is 0 Å². The third-order valence-electron chi connectivity index (χ3n) is 22.6. The Hall–Kier alpha value is -0.240. The molecule has 1 aliphatic heterocycles. The van der Waals surface area contributed by atoms with Crippen molar-refractivity contribution in [1.29, 1.82) is 5.41 Å². The van der Waals surface area contributed by atoms with Gasteiger partial charge in [-0.3, -0.25) is 10.4 Å². The minimum Gasteiger partial charge on any atom is -0.388 e. The monoisotopic (exact) mass is 1030 g/mol. The number of hydrogen-bond acceptors (Lipinski definition) is 6. The lowest BCUT2D eigenvalue weighted by molar-refractivity contribution is -0.0498. The lowest BCUT2D eigenvalue weighted by atomic mass is 9.47. The van der Waals surface area contributed by atoms with Gasteiger partial charge in [0.15, 0.2) is 0 Å². The molecule has 0 amide bonds. The molecule has 0 radical (unpaired) electrons. The lowest BCUT2D eigenvalue weighted by Gasteiger charge is -2.58. The van der Waals surface area contributed by atoms with Gasteiger partial charge in [0.1, 0.15) is 0 Å². The topological polar surface area (TPSA) is 62.2 Å². The average Bonchev–Trinajstić information content (AvgIpc) is 4.06. The molecule has 8 aliphatic carbocycles. The average molecular weight is 1030 g/mol. The minimum absolute atomic E-state index is 0.337. The van der Waals surface area contributed by atoms with Crippen molar-refractivity contribution in [3.63, 3.8) is 0 Å². The van der Waals surface area contributed by atoms with Crippen molar-refractivity contribution < 1.29 is 0 Å². The smallest absolute Gasteiger partial charge is 0.0905 e. The highest BCUT2D eigenvalue weighted by molar-refractivity contribution is 8.77. The van der Waals surface area contributed by atoms with Gasteiger partial charge in [0.05, 0.1) is 5.84 Å². The number of hydrogen-bond donors (Lipinski definition) is 2. The number of aliphatic imine (C=N–C) groups is 1. The Morgan fingerprint density at radius 3 is 1.59 bits per heavy atom. The van der Waals surface area contributed by atoms with Gasteiger partial charge in [-0.15, -0.1) is 0 Å². The number of nitrogens with two attached hydrogens (primary N) is 1. The van der Waals surface area contributed by atoms with Gasteiger partial charge < -0.3 is 5.73 Å². The van der Waals surface area contributed by atoms with E-state index in [1.165, 1.54) is 147 Å². The Labute approximate surface area is 447 Å². The molecule has 6 saturated carbocycles. The fourth-order valence-corrected chi connectivity index (χ4v) is 24.1. The molecule has 0 spiro atoms. The molecular formula is C63H105N3S4. The van der Waals surface area contributed by atoms with Gasteiger partial charge >= 0.3 is 0 Å². The number of nitrogens with zero attached hydrogens (tertiary/aromatic N) is 1. The van der Waals surface area contributed by atoms with E-state index in [9.17, 15) is 0 Å². The Bertz CT molecular complexity index is 1870. The fraction of sp³-hybridized carbons (Fsp3) is 0.873. The Morgan fingerprint density at radius 2 is 1.13 bits per heavy atom. The largest absolute Gasteiger partial charge is 0.388 e. The molecule has 9 rings (SSSR count). The Morgan fingerprint density at radius 1 is 0.629 bits per heavy atom. The van der Waals surface area contributed by atoms with E-state index in [0.29, 0.717) is 27.5 Å². The summed E-state index contributed by atoms with van der Waals surface area (Å²) >= 11 is 0. The maximum Gasteiger partial charge on any atom is 0.0905 e. The van der Waals surface area contributed by atoms with Crippen molar-refractivity contribution >= 4 is 55.2 Å². The lowest BCUT2D eigenvalue weighted by Crippen LogP contribution is -2.50. The van der Waals surface area contributed by atoms with E-state index in [4.69, 9.17) is 11.1 Å². The van der Waals surface area contributed by atoms with E-state index in [2.05, 4.69) is 125 Å². The first-order valence-corrected chi connectivity index (χ1v) is 34.7.